The number of methoxy groups -OCH3 is 1. The van der Waals surface area contributed by atoms with Gasteiger partial charge in [-0.2, -0.15) is 0 Å². The fraction of sp³-hybridized carbons (Fsp3) is 0.594. The average molecular weight is 645 g/mol. The highest BCUT2D eigenvalue weighted by Gasteiger charge is 2.29. The van der Waals surface area contributed by atoms with E-state index in [0.717, 1.165) is 31.9 Å². The Morgan fingerprint density at radius 1 is 0.978 bits per heavy atom. The fourth-order valence-corrected chi connectivity index (χ4v) is 6.92. The normalized spacial score (nSPS) is 21.1. The zero-order valence-electron chi connectivity index (χ0n) is 26.7. The van der Waals surface area contributed by atoms with Gasteiger partial charge < -0.3 is 24.0 Å². The summed E-state index contributed by atoms with van der Waals surface area (Å²) < 4.78 is 59.2. The Bertz CT molecular complexity index is 1560. The Balaban J connectivity index is 0.00000196. The van der Waals surface area contributed by atoms with E-state index in [1.54, 1.807) is 6.07 Å². The quantitative estimate of drug-likeness (QED) is 0.348. The second-order valence-electron chi connectivity index (χ2n) is 11.6. The molecule has 1 saturated carbocycles. The molecule has 0 bridgehead atoms. The van der Waals surface area contributed by atoms with E-state index in [1.165, 1.54) is 57.8 Å². The molecular weight excluding hydrogens is 599 g/mol. The van der Waals surface area contributed by atoms with Crippen LogP contribution in [0, 0.1) is 5.82 Å². The highest BCUT2D eigenvalue weighted by molar-refractivity contribution is 7.92. The fourth-order valence-electron chi connectivity index (χ4n) is 6.38. The summed E-state index contributed by atoms with van der Waals surface area (Å²) in [7, 11) is -2.22. The van der Waals surface area contributed by atoms with E-state index < -0.39 is 15.8 Å². The molecule has 2 aliphatic heterocycles. The number of hydrogen-bond acceptors (Lipinski definition) is 10. The van der Waals surface area contributed by atoms with E-state index in [0.29, 0.717) is 66.2 Å². The largest absolute Gasteiger partial charge is 0.488 e. The van der Waals surface area contributed by atoms with Crippen LogP contribution < -0.4 is 19.1 Å². The molecule has 13 heteroatoms. The van der Waals surface area contributed by atoms with Crippen molar-refractivity contribution in [2.75, 3.05) is 62.4 Å². The summed E-state index contributed by atoms with van der Waals surface area (Å²) >= 11 is 0. The summed E-state index contributed by atoms with van der Waals surface area (Å²) in [6, 6.07) is 4.97. The third-order valence-corrected chi connectivity index (χ3v) is 9.06. The Morgan fingerprint density at radius 3 is 2.36 bits per heavy atom. The Morgan fingerprint density at radius 2 is 1.69 bits per heavy atom. The van der Waals surface area contributed by atoms with Gasteiger partial charge in [-0.05, 0) is 63.7 Å². The van der Waals surface area contributed by atoms with Crippen LogP contribution >= 0.6 is 0 Å². The van der Waals surface area contributed by atoms with Crippen molar-refractivity contribution in [3.8, 4) is 22.9 Å². The standard InChI is InChI=1S/C30H39FN6O5S.C2H6/c1-40-29-25(35-43(2,38)39)16-20(19-32-29)27-24-17-21(31)18-26(28(24)34-30(33-27)37-12-14-41-15-13-37)42-23-8-6-22(7-9-23)36-10-4-3-5-11-36;1-2/h16-19,22-23,35H,3-15H2,1-2H3;1-2H3. The topological polar surface area (TPSA) is 119 Å². The van der Waals surface area contributed by atoms with Gasteiger partial charge in [-0.25, -0.2) is 27.8 Å². The van der Waals surface area contributed by atoms with Gasteiger partial charge >= 0.3 is 0 Å². The highest BCUT2D eigenvalue weighted by atomic mass is 32.2. The number of nitrogens with zero attached hydrogens (tertiary/aromatic N) is 5. The lowest BCUT2D eigenvalue weighted by atomic mass is 9.90. The van der Waals surface area contributed by atoms with Crippen LogP contribution in [0.2, 0.25) is 0 Å². The SMILES string of the molecule is CC.COc1ncc(-c2nc(N3CCOCC3)nc3c(OC4CCC(N5CCCCC5)CC4)cc(F)cc23)cc1NS(C)(=O)=O. The molecule has 1 aromatic carbocycles. The van der Waals surface area contributed by atoms with Crippen molar-refractivity contribution < 1.29 is 27.0 Å². The summed E-state index contributed by atoms with van der Waals surface area (Å²) in [5, 5.41) is 0.450. The lowest BCUT2D eigenvalue weighted by Crippen LogP contribution is -2.42. The smallest absolute Gasteiger partial charge is 0.238 e. The van der Waals surface area contributed by atoms with Crippen molar-refractivity contribution in [2.45, 2.75) is 70.9 Å². The molecule has 0 amide bonds. The molecule has 3 fully saturated rings. The van der Waals surface area contributed by atoms with E-state index >= 15 is 4.39 Å². The second kappa shape index (κ2) is 14.9. The number of halogens is 1. The van der Waals surface area contributed by atoms with Crippen LogP contribution in [-0.4, -0.2) is 93.2 Å². The number of piperidine rings is 1. The number of hydrogen-bond donors (Lipinski definition) is 1. The van der Waals surface area contributed by atoms with Gasteiger partial charge in [-0.1, -0.05) is 20.3 Å². The van der Waals surface area contributed by atoms with Crippen LogP contribution in [0.1, 0.15) is 58.8 Å². The Hall–Kier alpha value is -3.29. The summed E-state index contributed by atoms with van der Waals surface area (Å²) in [5.74, 6) is 0.482. The lowest BCUT2D eigenvalue weighted by molar-refractivity contribution is 0.0776. The van der Waals surface area contributed by atoms with Gasteiger partial charge in [0.25, 0.3) is 0 Å². The first kappa shape index (κ1) is 33.1. The maximum atomic E-state index is 15.2. The molecule has 0 atom stereocenters. The summed E-state index contributed by atoms with van der Waals surface area (Å²) in [4.78, 5) is 18.7. The number of anilines is 2. The molecule has 0 unspecified atom stereocenters. The van der Waals surface area contributed by atoms with Crippen LogP contribution in [0.3, 0.4) is 0 Å². The molecule has 1 N–H and O–H groups in total. The minimum Gasteiger partial charge on any atom is -0.488 e. The van der Waals surface area contributed by atoms with Gasteiger partial charge in [0.1, 0.15) is 22.8 Å². The van der Waals surface area contributed by atoms with E-state index in [1.807, 2.05) is 18.7 Å². The van der Waals surface area contributed by atoms with Crippen molar-refractivity contribution in [3.05, 3.63) is 30.2 Å². The number of aromatic nitrogens is 3. The molecule has 0 radical (unpaired) electrons. The van der Waals surface area contributed by atoms with E-state index in [4.69, 9.17) is 24.2 Å². The highest BCUT2D eigenvalue weighted by Crippen LogP contribution is 2.38. The Kier molecular flexibility index (Phi) is 10.9. The zero-order valence-corrected chi connectivity index (χ0v) is 27.5. The summed E-state index contributed by atoms with van der Waals surface area (Å²) in [5.41, 5.74) is 1.55. The molecule has 246 valence electrons. The monoisotopic (exact) mass is 644 g/mol. The first-order valence-electron chi connectivity index (χ1n) is 16.0. The minimum absolute atomic E-state index is 0.0375. The third kappa shape index (κ3) is 8.11. The van der Waals surface area contributed by atoms with E-state index in [-0.39, 0.29) is 17.7 Å². The molecule has 0 spiro atoms. The maximum Gasteiger partial charge on any atom is 0.238 e. The molecule has 1 aliphatic carbocycles. The summed E-state index contributed by atoms with van der Waals surface area (Å²) in [6.07, 6.45) is 10.3. The first-order chi connectivity index (χ1) is 21.8. The number of likely N-dealkylation sites (tertiary alicyclic amines) is 1. The van der Waals surface area contributed by atoms with Crippen LogP contribution in [0.25, 0.3) is 22.2 Å². The van der Waals surface area contributed by atoms with Crippen molar-refractivity contribution in [2.24, 2.45) is 0 Å². The molecular formula is C32H45FN6O5S. The number of benzene rings is 1. The van der Waals surface area contributed by atoms with Crippen LogP contribution in [0.4, 0.5) is 16.0 Å². The van der Waals surface area contributed by atoms with Crippen LogP contribution in [-0.2, 0) is 14.8 Å². The minimum atomic E-state index is -3.63. The number of rotatable bonds is 8. The van der Waals surface area contributed by atoms with Gasteiger partial charge in [0.2, 0.25) is 21.9 Å². The van der Waals surface area contributed by atoms with Gasteiger partial charge in [-0.3, -0.25) is 4.72 Å². The number of nitrogens with one attached hydrogen (secondary N) is 1. The number of fused-ring (bicyclic) bond motifs is 1. The van der Waals surface area contributed by atoms with Crippen LogP contribution in [0.15, 0.2) is 24.4 Å². The maximum absolute atomic E-state index is 15.2. The number of sulfonamides is 1. The van der Waals surface area contributed by atoms with Crippen molar-refractivity contribution >= 4 is 32.6 Å². The average Bonchev–Trinajstić information content (AvgIpc) is 3.06. The third-order valence-electron chi connectivity index (χ3n) is 8.47. The predicted molar refractivity (Wildman–Crippen MR) is 174 cm³/mol. The van der Waals surface area contributed by atoms with E-state index in [2.05, 4.69) is 14.6 Å². The molecule has 3 aliphatic rings. The number of ether oxygens (including phenoxy) is 3. The molecule has 2 aromatic heterocycles. The van der Waals surface area contributed by atoms with Crippen molar-refractivity contribution in [3.63, 3.8) is 0 Å². The van der Waals surface area contributed by atoms with Gasteiger partial charge in [0.15, 0.2) is 0 Å². The molecule has 11 nitrogen and oxygen atoms in total. The van der Waals surface area contributed by atoms with Gasteiger partial charge in [0, 0.05) is 42.3 Å². The molecule has 6 rings (SSSR count). The second-order valence-corrected chi connectivity index (χ2v) is 13.3. The molecule has 2 saturated heterocycles. The zero-order chi connectivity index (χ0) is 32.0. The summed E-state index contributed by atoms with van der Waals surface area (Å²) in [6.45, 7) is 8.63. The van der Waals surface area contributed by atoms with Crippen molar-refractivity contribution in [1.82, 2.24) is 19.9 Å². The first-order valence-corrected chi connectivity index (χ1v) is 17.9. The number of pyridine rings is 1. The Labute approximate surface area is 265 Å². The lowest BCUT2D eigenvalue weighted by Gasteiger charge is -2.38. The van der Waals surface area contributed by atoms with Gasteiger partial charge in [0.05, 0.1) is 38.4 Å². The van der Waals surface area contributed by atoms with Gasteiger partial charge in [-0.15, -0.1) is 0 Å². The molecule has 4 heterocycles. The number of morpholine rings is 1. The van der Waals surface area contributed by atoms with E-state index in [9.17, 15) is 8.42 Å². The molecule has 45 heavy (non-hydrogen) atoms. The van der Waals surface area contributed by atoms with Crippen LogP contribution in [0.5, 0.6) is 11.6 Å². The molecule has 3 aromatic rings. The van der Waals surface area contributed by atoms with Crippen molar-refractivity contribution in [1.29, 1.82) is 0 Å². The predicted octanol–water partition coefficient (Wildman–Crippen LogP) is 5.25.